The van der Waals surface area contributed by atoms with E-state index in [1.165, 1.54) is 23.3 Å². The first-order chi connectivity index (χ1) is 11.5. The average molecular weight is 389 g/mol. The summed E-state index contributed by atoms with van der Waals surface area (Å²) < 4.78 is 11.0. The molecule has 0 N–H and O–H groups in total. The Morgan fingerprint density at radius 1 is 1.21 bits per heavy atom. The molecule has 5 heteroatoms. The molecule has 0 radical (unpaired) electrons. The number of hydrogen-bond donors (Lipinski definition) is 0. The van der Waals surface area contributed by atoms with Crippen LogP contribution in [-0.2, 0) is 22.4 Å². The summed E-state index contributed by atoms with van der Waals surface area (Å²) in [5, 5.41) is 0. The van der Waals surface area contributed by atoms with Crippen LogP contribution in [0.4, 0.5) is 0 Å². The Morgan fingerprint density at radius 2 is 2.00 bits per heavy atom. The van der Waals surface area contributed by atoms with E-state index < -0.39 is 12.1 Å². The summed E-state index contributed by atoms with van der Waals surface area (Å²) in [6, 6.07) is 9.18. The molecule has 3 rings (SSSR count). The Hall–Kier alpha value is -2.14. The van der Waals surface area contributed by atoms with Crippen LogP contribution in [0.2, 0.25) is 0 Å². The molecule has 0 aliphatic heterocycles. The van der Waals surface area contributed by atoms with E-state index in [-0.39, 0.29) is 5.78 Å². The van der Waals surface area contributed by atoms with Gasteiger partial charge in [-0.1, -0.05) is 12.1 Å². The topological polar surface area (TPSA) is 56.5 Å². The van der Waals surface area contributed by atoms with Crippen molar-refractivity contribution in [1.82, 2.24) is 0 Å². The van der Waals surface area contributed by atoms with Gasteiger partial charge in [-0.3, -0.25) is 4.79 Å². The van der Waals surface area contributed by atoms with Crippen LogP contribution in [0.3, 0.4) is 0 Å². The first kappa shape index (κ1) is 16.7. The number of Topliss-reactive ketones (excluding diaryl/α,β-unsaturated/α-hetero) is 1. The maximum absolute atomic E-state index is 12.4. The monoisotopic (exact) mass is 388 g/mol. The summed E-state index contributed by atoms with van der Waals surface area (Å²) in [5.74, 6) is -0.242. The van der Waals surface area contributed by atoms with Crippen LogP contribution in [0, 0.1) is 0 Å². The summed E-state index contributed by atoms with van der Waals surface area (Å²) in [7, 11) is 0. The highest BCUT2D eigenvalue weighted by Gasteiger charge is 2.20. The number of aryl methyl sites for hydroxylation is 2. The lowest BCUT2D eigenvalue weighted by Gasteiger charge is -2.11. The van der Waals surface area contributed by atoms with Gasteiger partial charge < -0.3 is 9.15 Å². The molecule has 1 atom stereocenters. The summed E-state index contributed by atoms with van der Waals surface area (Å²) in [6.45, 7) is 1.59. The second-order valence-corrected chi connectivity index (χ2v) is 6.54. The molecule has 0 fully saturated rings. The molecule has 0 spiro atoms. The van der Waals surface area contributed by atoms with Crippen LogP contribution in [0.25, 0.3) is 6.08 Å². The number of fused-ring (bicyclic) bond motifs is 1. The standard InChI is InChI=1S/C19H17BrO4/c1-12(23-18(21)10-8-16-7-9-17(20)24-16)19(22)15-6-5-13-3-2-4-14(13)11-15/h5-12H,2-4H2,1H3/b10-8+/t12-/m1/s1. The molecule has 1 aliphatic rings. The lowest BCUT2D eigenvalue weighted by atomic mass is 10.0. The molecular weight excluding hydrogens is 372 g/mol. The van der Waals surface area contributed by atoms with Gasteiger partial charge in [0.2, 0.25) is 5.78 Å². The third kappa shape index (κ3) is 3.85. The molecule has 1 aromatic carbocycles. The number of ketones is 1. The van der Waals surface area contributed by atoms with Crippen molar-refractivity contribution in [3.05, 3.63) is 63.5 Å². The molecule has 0 amide bonds. The van der Waals surface area contributed by atoms with Crippen molar-refractivity contribution in [1.29, 1.82) is 0 Å². The van der Waals surface area contributed by atoms with E-state index in [0.29, 0.717) is 16.0 Å². The number of esters is 1. The highest BCUT2D eigenvalue weighted by Crippen LogP contribution is 2.23. The molecule has 4 nitrogen and oxygen atoms in total. The van der Waals surface area contributed by atoms with Crippen molar-refractivity contribution in [3.8, 4) is 0 Å². The summed E-state index contributed by atoms with van der Waals surface area (Å²) >= 11 is 3.18. The second kappa shape index (κ2) is 7.18. The van der Waals surface area contributed by atoms with Crippen LogP contribution in [0.5, 0.6) is 0 Å². The van der Waals surface area contributed by atoms with Gasteiger partial charge in [0, 0.05) is 11.6 Å². The summed E-state index contributed by atoms with van der Waals surface area (Å²) in [4.78, 5) is 24.3. The highest BCUT2D eigenvalue weighted by molar-refractivity contribution is 9.10. The molecule has 1 aliphatic carbocycles. The van der Waals surface area contributed by atoms with Crippen molar-refractivity contribution < 1.29 is 18.7 Å². The highest BCUT2D eigenvalue weighted by atomic mass is 79.9. The molecule has 0 bridgehead atoms. The molecule has 0 saturated heterocycles. The third-order valence-electron chi connectivity index (χ3n) is 4.02. The van der Waals surface area contributed by atoms with Gasteiger partial charge in [0.15, 0.2) is 10.8 Å². The minimum absolute atomic E-state index is 0.188. The minimum atomic E-state index is -0.829. The van der Waals surface area contributed by atoms with Gasteiger partial charge in [0.05, 0.1) is 0 Å². The number of ether oxygens (including phenoxy) is 1. The Morgan fingerprint density at radius 3 is 2.75 bits per heavy atom. The van der Waals surface area contributed by atoms with Gasteiger partial charge >= 0.3 is 5.97 Å². The fourth-order valence-corrected chi connectivity index (χ4v) is 3.11. The van der Waals surface area contributed by atoms with E-state index in [1.807, 2.05) is 18.2 Å². The first-order valence-electron chi connectivity index (χ1n) is 7.83. The fourth-order valence-electron chi connectivity index (χ4n) is 2.79. The van der Waals surface area contributed by atoms with Gasteiger partial charge in [-0.2, -0.15) is 0 Å². The number of benzene rings is 1. The van der Waals surface area contributed by atoms with Gasteiger partial charge in [0.1, 0.15) is 5.76 Å². The molecule has 124 valence electrons. The van der Waals surface area contributed by atoms with Crippen LogP contribution in [0.1, 0.15) is 40.6 Å². The number of halogens is 1. The van der Waals surface area contributed by atoms with Crippen LogP contribution >= 0.6 is 15.9 Å². The Balaban J connectivity index is 1.61. The Bertz CT molecular complexity index is 803. The normalized spacial score (nSPS) is 14.6. The Labute approximate surface area is 148 Å². The molecule has 24 heavy (non-hydrogen) atoms. The average Bonchev–Trinajstić information content (AvgIpc) is 3.19. The number of hydrogen-bond acceptors (Lipinski definition) is 4. The predicted octanol–water partition coefficient (Wildman–Crippen LogP) is 4.36. The van der Waals surface area contributed by atoms with E-state index in [9.17, 15) is 9.59 Å². The molecular formula is C19H17BrO4. The van der Waals surface area contributed by atoms with Gasteiger partial charge in [-0.05, 0) is 77.5 Å². The molecule has 1 heterocycles. The first-order valence-corrected chi connectivity index (χ1v) is 8.62. The minimum Gasteiger partial charge on any atom is -0.451 e. The summed E-state index contributed by atoms with van der Waals surface area (Å²) in [6.07, 6.45) is 5.13. The third-order valence-corrected chi connectivity index (χ3v) is 4.45. The maximum atomic E-state index is 12.4. The zero-order chi connectivity index (χ0) is 17.1. The lowest BCUT2D eigenvalue weighted by Crippen LogP contribution is -2.23. The summed E-state index contributed by atoms with van der Waals surface area (Å²) in [5.41, 5.74) is 3.13. The smallest absolute Gasteiger partial charge is 0.331 e. The molecule has 1 aromatic heterocycles. The van der Waals surface area contributed by atoms with Gasteiger partial charge in [0.25, 0.3) is 0 Å². The molecule has 0 unspecified atom stereocenters. The van der Waals surface area contributed by atoms with E-state index >= 15 is 0 Å². The quantitative estimate of drug-likeness (QED) is 0.433. The fraction of sp³-hybridized carbons (Fsp3) is 0.263. The van der Waals surface area contributed by atoms with Crippen LogP contribution < -0.4 is 0 Å². The van der Waals surface area contributed by atoms with Crippen molar-refractivity contribution in [2.45, 2.75) is 32.3 Å². The number of furan rings is 1. The van der Waals surface area contributed by atoms with Gasteiger partial charge in [-0.15, -0.1) is 0 Å². The Kier molecular flexibility index (Phi) is 5.00. The van der Waals surface area contributed by atoms with E-state index in [2.05, 4.69) is 15.9 Å². The largest absolute Gasteiger partial charge is 0.451 e. The van der Waals surface area contributed by atoms with Crippen molar-refractivity contribution in [2.24, 2.45) is 0 Å². The van der Waals surface area contributed by atoms with E-state index in [1.54, 1.807) is 19.1 Å². The predicted molar refractivity (Wildman–Crippen MR) is 93.8 cm³/mol. The number of rotatable bonds is 5. The second-order valence-electron chi connectivity index (χ2n) is 5.76. The van der Waals surface area contributed by atoms with Crippen LogP contribution in [0.15, 0.2) is 45.5 Å². The zero-order valence-corrected chi connectivity index (χ0v) is 14.8. The molecule has 0 saturated carbocycles. The van der Waals surface area contributed by atoms with Gasteiger partial charge in [-0.25, -0.2) is 4.79 Å². The van der Waals surface area contributed by atoms with E-state index in [4.69, 9.17) is 9.15 Å². The van der Waals surface area contributed by atoms with E-state index in [0.717, 1.165) is 19.3 Å². The van der Waals surface area contributed by atoms with Crippen molar-refractivity contribution >= 4 is 33.8 Å². The number of carbonyl (C=O) groups excluding carboxylic acids is 2. The lowest BCUT2D eigenvalue weighted by molar-refractivity contribution is -0.140. The molecule has 2 aromatic rings. The maximum Gasteiger partial charge on any atom is 0.331 e. The SMILES string of the molecule is C[C@@H](OC(=O)/C=C/c1ccc(Br)o1)C(=O)c1ccc2c(c1)CCC2. The number of carbonyl (C=O) groups is 2. The van der Waals surface area contributed by atoms with Crippen LogP contribution in [-0.4, -0.2) is 17.9 Å². The van der Waals surface area contributed by atoms with Crippen molar-refractivity contribution in [2.75, 3.05) is 0 Å². The van der Waals surface area contributed by atoms with Crippen molar-refractivity contribution in [3.63, 3.8) is 0 Å². The zero-order valence-electron chi connectivity index (χ0n) is 13.3.